The molecule has 0 saturated carbocycles. The van der Waals surface area contributed by atoms with Crippen LogP contribution in [0.5, 0.6) is 0 Å². The molecule has 0 spiro atoms. The Labute approximate surface area is 121 Å². The van der Waals surface area contributed by atoms with Crippen molar-refractivity contribution in [1.29, 1.82) is 0 Å². The lowest BCUT2D eigenvalue weighted by atomic mass is 10.3. The normalized spacial score (nSPS) is 12.0. The van der Waals surface area contributed by atoms with Gasteiger partial charge < -0.3 is 4.90 Å². The van der Waals surface area contributed by atoms with Crippen molar-refractivity contribution in [3.05, 3.63) is 16.2 Å². The third kappa shape index (κ3) is 3.55. The van der Waals surface area contributed by atoms with Crippen molar-refractivity contribution in [3.63, 3.8) is 0 Å². The summed E-state index contributed by atoms with van der Waals surface area (Å²) in [4.78, 5) is 12.1. The number of sulfone groups is 1. The summed E-state index contributed by atoms with van der Waals surface area (Å²) in [7, 11) is -1.20. The van der Waals surface area contributed by atoms with Gasteiger partial charge in [0, 0.05) is 24.7 Å². The van der Waals surface area contributed by atoms with Gasteiger partial charge in [0.2, 0.25) is 5.28 Å². The quantitative estimate of drug-likeness (QED) is 0.808. The summed E-state index contributed by atoms with van der Waals surface area (Å²) in [5.74, 6) is 0.749. The Morgan fingerprint density at radius 2 is 2.11 bits per heavy atom. The molecular formula is C11H14ClN3O2S2. The third-order valence-electron chi connectivity index (χ3n) is 2.63. The van der Waals surface area contributed by atoms with E-state index in [1.54, 1.807) is 23.3 Å². The van der Waals surface area contributed by atoms with Gasteiger partial charge in [-0.3, -0.25) is 0 Å². The van der Waals surface area contributed by atoms with E-state index in [1.165, 1.54) is 6.26 Å². The fourth-order valence-corrected chi connectivity index (χ4v) is 3.40. The van der Waals surface area contributed by atoms with E-state index in [1.807, 2.05) is 13.0 Å². The van der Waals surface area contributed by atoms with Crippen LogP contribution in [0, 0.1) is 6.92 Å². The minimum Gasteiger partial charge on any atom is -0.358 e. The molecule has 0 N–H and O–H groups in total. The van der Waals surface area contributed by atoms with Crippen molar-refractivity contribution in [2.24, 2.45) is 0 Å². The number of nitrogens with zero attached hydrogens (tertiary/aromatic N) is 3. The molecule has 2 aromatic heterocycles. The van der Waals surface area contributed by atoms with Crippen molar-refractivity contribution in [2.75, 3.05) is 30.5 Å². The van der Waals surface area contributed by atoms with Crippen LogP contribution in [0.4, 0.5) is 5.82 Å². The molecule has 8 heteroatoms. The highest BCUT2D eigenvalue weighted by Crippen LogP contribution is 2.31. The predicted octanol–water partition coefficient (Wildman–Crippen LogP) is 2.13. The highest BCUT2D eigenvalue weighted by atomic mass is 35.5. The lowest BCUT2D eigenvalue weighted by molar-refractivity contribution is 0.601. The molecule has 0 unspecified atom stereocenters. The van der Waals surface area contributed by atoms with Crippen LogP contribution < -0.4 is 4.90 Å². The maximum absolute atomic E-state index is 11.2. The van der Waals surface area contributed by atoms with Crippen LogP contribution in [0.1, 0.15) is 4.88 Å². The second-order valence-corrected chi connectivity index (χ2v) is 8.28. The Bertz CT molecular complexity index is 712. The predicted molar refractivity (Wildman–Crippen MR) is 80.1 cm³/mol. The molecule has 0 amide bonds. The molecule has 0 fully saturated rings. The van der Waals surface area contributed by atoms with E-state index in [4.69, 9.17) is 11.6 Å². The summed E-state index contributed by atoms with van der Waals surface area (Å²) >= 11 is 7.45. The van der Waals surface area contributed by atoms with Gasteiger partial charge in [-0.2, -0.15) is 4.98 Å². The number of rotatable bonds is 4. The van der Waals surface area contributed by atoms with E-state index >= 15 is 0 Å². The smallest absolute Gasteiger partial charge is 0.225 e. The monoisotopic (exact) mass is 319 g/mol. The van der Waals surface area contributed by atoms with Gasteiger partial charge in [-0.05, 0) is 24.6 Å². The van der Waals surface area contributed by atoms with Crippen molar-refractivity contribution < 1.29 is 8.42 Å². The molecule has 2 rings (SSSR count). The van der Waals surface area contributed by atoms with Gasteiger partial charge in [-0.15, -0.1) is 11.3 Å². The topological polar surface area (TPSA) is 63.2 Å². The molecule has 0 aliphatic carbocycles. The SMILES string of the molecule is Cc1cc2c(N(C)CCS(C)(=O)=O)nc(Cl)nc2s1. The lowest BCUT2D eigenvalue weighted by Gasteiger charge is -2.18. The average Bonchev–Trinajstić information content (AvgIpc) is 2.63. The van der Waals surface area contributed by atoms with Gasteiger partial charge in [0.15, 0.2) is 0 Å². The molecule has 0 saturated heterocycles. The number of thiophene rings is 1. The molecule has 0 radical (unpaired) electrons. The zero-order valence-corrected chi connectivity index (χ0v) is 13.2. The maximum atomic E-state index is 11.2. The van der Waals surface area contributed by atoms with Gasteiger partial charge in [0.05, 0.1) is 11.1 Å². The molecule has 0 aliphatic rings. The third-order valence-corrected chi connectivity index (χ3v) is 4.67. The zero-order chi connectivity index (χ0) is 14.2. The van der Waals surface area contributed by atoms with Gasteiger partial charge >= 0.3 is 0 Å². The van der Waals surface area contributed by atoms with Gasteiger partial charge in [0.25, 0.3) is 0 Å². The molecule has 104 valence electrons. The number of anilines is 1. The first kappa shape index (κ1) is 14.5. The fourth-order valence-electron chi connectivity index (χ4n) is 1.70. The van der Waals surface area contributed by atoms with E-state index < -0.39 is 9.84 Å². The van der Waals surface area contributed by atoms with E-state index in [0.717, 1.165) is 15.1 Å². The molecule has 0 aromatic carbocycles. The van der Waals surface area contributed by atoms with Crippen LogP contribution >= 0.6 is 22.9 Å². The van der Waals surface area contributed by atoms with Gasteiger partial charge in [0.1, 0.15) is 20.5 Å². The van der Waals surface area contributed by atoms with Crippen molar-refractivity contribution >= 4 is 48.8 Å². The van der Waals surface area contributed by atoms with Gasteiger partial charge in [-0.25, -0.2) is 13.4 Å². The first-order valence-corrected chi connectivity index (χ1v) is 8.84. The second-order valence-electron chi connectivity index (χ2n) is 4.44. The Morgan fingerprint density at radius 1 is 1.42 bits per heavy atom. The van der Waals surface area contributed by atoms with Gasteiger partial charge in [-0.1, -0.05) is 0 Å². The van der Waals surface area contributed by atoms with Crippen molar-refractivity contribution in [2.45, 2.75) is 6.92 Å². The molecule has 0 aliphatic heterocycles. The molecule has 0 atom stereocenters. The van der Waals surface area contributed by atoms with Crippen molar-refractivity contribution in [3.8, 4) is 0 Å². The number of hydrogen-bond acceptors (Lipinski definition) is 6. The fraction of sp³-hybridized carbons (Fsp3) is 0.455. The number of halogens is 1. The number of hydrogen-bond donors (Lipinski definition) is 0. The summed E-state index contributed by atoms with van der Waals surface area (Å²) in [6.07, 6.45) is 1.22. The summed E-state index contributed by atoms with van der Waals surface area (Å²) in [5.41, 5.74) is 0. The summed E-state index contributed by atoms with van der Waals surface area (Å²) < 4.78 is 22.4. The Balaban J connectivity index is 2.38. The van der Waals surface area contributed by atoms with Crippen LogP contribution in [-0.4, -0.2) is 44.0 Å². The Kier molecular flexibility index (Phi) is 3.98. The highest BCUT2D eigenvalue weighted by molar-refractivity contribution is 7.90. The maximum Gasteiger partial charge on any atom is 0.225 e. The lowest BCUT2D eigenvalue weighted by Crippen LogP contribution is -2.25. The molecule has 5 nitrogen and oxygen atoms in total. The number of aromatic nitrogens is 2. The first-order valence-electron chi connectivity index (χ1n) is 5.59. The second kappa shape index (κ2) is 5.22. The minimum atomic E-state index is -3.00. The van der Waals surface area contributed by atoms with E-state index in [-0.39, 0.29) is 11.0 Å². The average molecular weight is 320 g/mol. The summed E-state index contributed by atoms with van der Waals surface area (Å²) in [6.45, 7) is 2.36. The Hall–Kier alpha value is -0.920. The van der Waals surface area contributed by atoms with Crippen LogP contribution in [0.3, 0.4) is 0 Å². The van der Waals surface area contributed by atoms with E-state index in [9.17, 15) is 8.42 Å². The molecule has 0 bridgehead atoms. The molecule has 19 heavy (non-hydrogen) atoms. The number of aryl methyl sites for hydroxylation is 1. The van der Waals surface area contributed by atoms with Crippen LogP contribution in [-0.2, 0) is 9.84 Å². The highest BCUT2D eigenvalue weighted by Gasteiger charge is 2.14. The molecule has 2 aromatic rings. The number of fused-ring (bicyclic) bond motifs is 1. The Morgan fingerprint density at radius 3 is 2.74 bits per heavy atom. The summed E-state index contributed by atoms with van der Waals surface area (Å²) in [6, 6.07) is 1.99. The zero-order valence-electron chi connectivity index (χ0n) is 10.8. The van der Waals surface area contributed by atoms with E-state index in [2.05, 4.69) is 9.97 Å². The van der Waals surface area contributed by atoms with Crippen LogP contribution in [0.2, 0.25) is 5.28 Å². The largest absolute Gasteiger partial charge is 0.358 e. The minimum absolute atomic E-state index is 0.0791. The molecule has 2 heterocycles. The summed E-state index contributed by atoms with van der Waals surface area (Å²) in [5, 5.41) is 1.08. The first-order chi connectivity index (χ1) is 8.76. The van der Waals surface area contributed by atoms with Crippen molar-refractivity contribution in [1.82, 2.24) is 9.97 Å². The van der Waals surface area contributed by atoms with Crippen LogP contribution in [0.15, 0.2) is 6.07 Å². The standard InChI is InChI=1S/C11H14ClN3O2S2/c1-7-6-8-9(13-11(12)14-10(8)18-7)15(2)4-5-19(3,16)17/h6H,4-5H2,1-3H3. The van der Waals surface area contributed by atoms with E-state index in [0.29, 0.717) is 12.4 Å². The molecular weight excluding hydrogens is 306 g/mol. The van der Waals surface area contributed by atoms with Crippen LogP contribution in [0.25, 0.3) is 10.2 Å².